The van der Waals surface area contributed by atoms with Gasteiger partial charge < -0.3 is 9.13 Å². The van der Waals surface area contributed by atoms with E-state index in [1.165, 1.54) is 34.4 Å². The molecule has 0 bridgehead atoms. The smallest absolute Gasteiger partial charge is 0.308 e. The van der Waals surface area contributed by atoms with Gasteiger partial charge in [-0.15, -0.1) is 0 Å². The molecule has 0 fully saturated rings. The zero-order valence-corrected chi connectivity index (χ0v) is 48.4. The lowest BCUT2D eigenvalue weighted by molar-refractivity contribution is -0.137. The molecule has 0 amide bonds. The number of nitriles is 1. The number of hydrogen-bond acceptors (Lipinski definition) is 1. The fourth-order valence-electron chi connectivity index (χ4n) is 14.1. The van der Waals surface area contributed by atoms with Crippen molar-refractivity contribution in [3.05, 3.63) is 235 Å². The lowest BCUT2D eigenvalue weighted by Gasteiger charge is -2.20. The zero-order chi connectivity index (χ0) is 57.2. The average molecular weight is 1060 g/mol. The topological polar surface area (TPSA) is 33.6 Å². The Balaban J connectivity index is 1.27. The summed E-state index contributed by atoms with van der Waals surface area (Å²) in [5.74, 6) is 0. The normalized spacial score (nSPS) is 11.9. The van der Waals surface area contributed by atoms with Crippen molar-refractivity contribution < 1.29 is 13.2 Å². The van der Waals surface area contributed by atoms with Crippen molar-refractivity contribution in [3.8, 4) is 73.1 Å². The zero-order valence-electron chi connectivity index (χ0n) is 48.4. The summed E-state index contributed by atoms with van der Waals surface area (Å²) < 4.78 is 49.6. The Morgan fingerprint density at radius 2 is 0.568 bits per heavy atom. The molecule has 400 valence electrons. The van der Waals surface area contributed by atoms with E-state index in [2.05, 4.69) is 220 Å². The van der Waals surface area contributed by atoms with Crippen LogP contribution in [0.2, 0.25) is 0 Å². The van der Waals surface area contributed by atoms with Crippen LogP contribution in [-0.2, 0) is 6.18 Å². The number of aryl methyl sites for hydroxylation is 13. The molecule has 12 aromatic rings. The molecular formula is C75H64F3N3. The van der Waals surface area contributed by atoms with Crippen molar-refractivity contribution in [2.45, 2.75) is 96.2 Å². The van der Waals surface area contributed by atoms with Gasteiger partial charge >= 0.3 is 6.18 Å². The summed E-state index contributed by atoms with van der Waals surface area (Å²) in [6.45, 7) is 27.4. The first kappa shape index (κ1) is 52.8. The molecule has 0 aliphatic rings. The largest absolute Gasteiger partial charge is 0.416 e. The maximum absolute atomic E-state index is 15.1. The van der Waals surface area contributed by atoms with Crippen molar-refractivity contribution in [2.75, 3.05) is 0 Å². The first-order valence-corrected chi connectivity index (χ1v) is 27.8. The number of alkyl halides is 3. The van der Waals surface area contributed by atoms with E-state index < -0.39 is 11.7 Å². The first-order chi connectivity index (χ1) is 38.6. The molecule has 0 unspecified atom stereocenters. The SMILES string of the molecule is Cc1cc(-c2cc(-n3c4cc(-c5c(C)cc(C)cc5C)ccc4c4ccc(-c5c(C)cc(C)cc5C)cc43)c(C#N)c(-n3c4cc(-c5c(C)cc(C)cc5C)ccc4c4ccc(-c5c(C)cc(C)cc5C)cc43)c2)cc(C(F)(F)F)c1. The van der Waals surface area contributed by atoms with Crippen molar-refractivity contribution in [1.82, 2.24) is 9.13 Å². The molecule has 0 aliphatic carbocycles. The Morgan fingerprint density at radius 1 is 0.309 bits per heavy atom. The van der Waals surface area contributed by atoms with Crippen molar-refractivity contribution >= 4 is 43.6 Å². The molecule has 0 saturated carbocycles. The standard InChI is InChI=1S/C75H64F3N3/c1-40-22-45(6)71(46(7)23-40)53-14-18-60-61-19-15-54(72-47(8)24-41(2)25-48(72)9)34-66(61)80(65(60)33-53)69-37-58(57-30-44(5)31-59(32-57)75(76,77)78)38-70(64(69)39-79)81-67-35-55(73-49(10)26-42(3)27-50(73)11)16-20-62(67)63-21-17-56(36-68(63)81)74-51(12)28-43(4)29-52(74)13/h14-38H,1-13H3. The minimum atomic E-state index is -4.60. The maximum atomic E-state index is 15.1. The van der Waals surface area contributed by atoms with Crippen LogP contribution in [0.3, 0.4) is 0 Å². The minimum absolute atomic E-state index is 0.377. The predicted molar refractivity (Wildman–Crippen MR) is 334 cm³/mol. The third-order valence-electron chi connectivity index (χ3n) is 16.8. The van der Waals surface area contributed by atoms with Crippen LogP contribution in [0.15, 0.2) is 152 Å². The van der Waals surface area contributed by atoms with Gasteiger partial charge in [-0.25, -0.2) is 0 Å². The van der Waals surface area contributed by atoms with Crippen LogP contribution in [0.25, 0.3) is 111 Å². The Morgan fingerprint density at radius 3 is 0.827 bits per heavy atom. The second-order valence-electron chi connectivity index (χ2n) is 23.3. The molecule has 0 radical (unpaired) electrons. The molecule has 0 aliphatic heterocycles. The second kappa shape index (κ2) is 19.4. The molecule has 2 aromatic heterocycles. The Labute approximate surface area is 473 Å². The third kappa shape index (κ3) is 8.91. The van der Waals surface area contributed by atoms with Gasteiger partial charge in [0.25, 0.3) is 0 Å². The van der Waals surface area contributed by atoms with Crippen LogP contribution in [0, 0.1) is 101 Å². The van der Waals surface area contributed by atoms with E-state index in [4.69, 9.17) is 0 Å². The van der Waals surface area contributed by atoms with Gasteiger partial charge in [0, 0.05) is 21.5 Å². The molecule has 2 heterocycles. The number of nitrogens with zero attached hydrogens (tertiary/aromatic N) is 3. The van der Waals surface area contributed by atoms with E-state index in [1.54, 1.807) is 6.92 Å². The summed E-state index contributed by atoms with van der Waals surface area (Å²) in [5, 5.41) is 16.2. The van der Waals surface area contributed by atoms with Crippen LogP contribution in [-0.4, -0.2) is 9.13 Å². The lowest BCUT2D eigenvalue weighted by Crippen LogP contribution is -2.07. The molecule has 3 nitrogen and oxygen atoms in total. The van der Waals surface area contributed by atoms with Crippen LogP contribution >= 0.6 is 0 Å². The second-order valence-corrected chi connectivity index (χ2v) is 23.3. The summed E-state index contributed by atoms with van der Waals surface area (Å²) in [5.41, 5.74) is 28.3. The average Bonchev–Trinajstić information content (AvgIpc) is 4.05. The molecule has 81 heavy (non-hydrogen) atoms. The lowest BCUT2D eigenvalue weighted by atomic mass is 9.92. The van der Waals surface area contributed by atoms with Gasteiger partial charge in [-0.3, -0.25) is 0 Å². The van der Waals surface area contributed by atoms with Crippen LogP contribution in [0.4, 0.5) is 13.2 Å². The van der Waals surface area contributed by atoms with Gasteiger partial charge in [-0.05, 0) is 244 Å². The number of hydrogen-bond donors (Lipinski definition) is 0. The monoisotopic (exact) mass is 1060 g/mol. The summed E-state index contributed by atoms with van der Waals surface area (Å²) in [7, 11) is 0. The van der Waals surface area contributed by atoms with E-state index in [9.17, 15) is 5.26 Å². The van der Waals surface area contributed by atoms with Gasteiger partial charge in [0.2, 0.25) is 0 Å². The molecule has 10 aromatic carbocycles. The van der Waals surface area contributed by atoms with E-state index >= 15 is 13.2 Å². The van der Waals surface area contributed by atoms with Gasteiger partial charge in [0.15, 0.2) is 0 Å². The fourth-order valence-corrected chi connectivity index (χ4v) is 14.1. The highest BCUT2D eigenvalue weighted by Gasteiger charge is 2.32. The number of halogens is 3. The van der Waals surface area contributed by atoms with Gasteiger partial charge in [0.05, 0.1) is 39.0 Å². The number of benzene rings is 10. The summed E-state index contributed by atoms with van der Waals surface area (Å²) in [4.78, 5) is 0. The fraction of sp³-hybridized carbons (Fsp3) is 0.187. The minimum Gasteiger partial charge on any atom is -0.308 e. The first-order valence-electron chi connectivity index (χ1n) is 27.8. The van der Waals surface area contributed by atoms with Gasteiger partial charge in [-0.2, -0.15) is 18.4 Å². The molecule has 0 N–H and O–H groups in total. The molecule has 12 rings (SSSR count). The van der Waals surface area contributed by atoms with E-state index in [0.717, 1.165) is 133 Å². The number of fused-ring (bicyclic) bond motifs is 6. The molecule has 0 spiro atoms. The highest BCUT2D eigenvalue weighted by Crippen LogP contribution is 2.46. The Bertz CT molecular complexity index is 4140. The van der Waals surface area contributed by atoms with Crippen molar-refractivity contribution in [2.24, 2.45) is 0 Å². The van der Waals surface area contributed by atoms with E-state index in [0.29, 0.717) is 33.6 Å². The maximum Gasteiger partial charge on any atom is 0.416 e. The van der Waals surface area contributed by atoms with Crippen LogP contribution in [0.5, 0.6) is 0 Å². The summed E-state index contributed by atoms with van der Waals surface area (Å²) >= 11 is 0. The molecule has 0 atom stereocenters. The summed E-state index contributed by atoms with van der Waals surface area (Å²) in [6, 6.07) is 55.2. The predicted octanol–water partition coefficient (Wildman–Crippen LogP) is 21.1. The number of rotatable bonds is 7. The highest BCUT2D eigenvalue weighted by molar-refractivity contribution is 6.14. The number of aromatic nitrogens is 2. The molecule has 6 heteroatoms. The Kier molecular flexibility index (Phi) is 12.6. The third-order valence-corrected chi connectivity index (χ3v) is 16.8. The highest BCUT2D eigenvalue weighted by atomic mass is 19.4. The quantitative estimate of drug-likeness (QED) is 0.157. The van der Waals surface area contributed by atoms with Crippen molar-refractivity contribution in [1.29, 1.82) is 5.26 Å². The summed E-state index contributed by atoms with van der Waals surface area (Å²) in [6.07, 6.45) is -4.60. The molecular weight excluding hydrogens is 1000 g/mol. The van der Waals surface area contributed by atoms with Gasteiger partial charge in [-0.1, -0.05) is 125 Å². The van der Waals surface area contributed by atoms with Crippen LogP contribution in [0.1, 0.15) is 83.5 Å². The molecule has 0 saturated heterocycles. The van der Waals surface area contributed by atoms with E-state index in [1.807, 2.05) is 18.2 Å². The van der Waals surface area contributed by atoms with Gasteiger partial charge in [0.1, 0.15) is 11.6 Å². The Hall–Kier alpha value is -8.92. The van der Waals surface area contributed by atoms with Crippen LogP contribution < -0.4 is 0 Å². The van der Waals surface area contributed by atoms with E-state index in [-0.39, 0.29) is 0 Å². The van der Waals surface area contributed by atoms with Crippen molar-refractivity contribution in [3.63, 3.8) is 0 Å².